The van der Waals surface area contributed by atoms with Crippen LogP contribution in [0.5, 0.6) is 0 Å². The van der Waals surface area contributed by atoms with Crippen LogP contribution < -0.4 is 5.32 Å². The smallest absolute Gasteiger partial charge is 0.230 e. The molecule has 1 spiro atoms. The number of rotatable bonds is 3. The quantitative estimate of drug-likeness (QED) is 0.930. The van der Waals surface area contributed by atoms with Crippen molar-refractivity contribution in [3.8, 4) is 0 Å². The van der Waals surface area contributed by atoms with Gasteiger partial charge in [0.2, 0.25) is 5.91 Å². The lowest BCUT2D eigenvalue weighted by Gasteiger charge is -2.45. The molecule has 2 fully saturated rings. The van der Waals surface area contributed by atoms with E-state index >= 15 is 0 Å². The molecule has 0 radical (unpaired) electrons. The van der Waals surface area contributed by atoms with Crippen LogP contribution in [0.1, 0.15) is 50.5 Å². The second kappa shape index (κ2) is 6.82. The zero-order valence-corrected chi connectivity index (χ0v) is 13.7. The Bertz CT molecular complexity index is 483. The van der Waals surface area contributed by atoms with Gasteiger partial charge in [0.1, 0.15) is 0 Å². The summed E-state index contributed by atoms with van der Waals surface area (Å²) in [4.78, 5) is 15.0. The van der Waals surface area contributed by atoms with E-state index in [2.05, 4.69) is 29.3 Å². The Morgan fingerprint density at radius 3 is 2.36 bits per heavy atom. The maximum atomic E-state index is 12.9. The zero-order valence-electron chi connectivity index (χ0n) is 13.7. The number of benzene rings is 1. The highest BCUT2D eigenvalue weighted by Gasteiger charge is 2.37. The van der Waals surface area contributed by atoms with Gasteiger partial charge in [0, 0.05) is 13.1 Å². The van der Waals surface area contributed by atoms with E-state index in [1.54, 1.807) is 0 Å². The van der Waals surface area contributed by atoms with Crippen LogP contribution in [0.4, 0.5) is 0 Å². The highest BCUT2D eigenvalue weighted by Crippen LogP contribution is 2.40. The Morgan fingerprint density at radius 2 is 1.77 bits per heavy atom. The summed E-state index contributed by atoms with van der Waals surface area (Å²) >= 11 is 0. The average molecular weight is 300 g/mol. The zero-order chi connectivity index (χ0) is 15.4. The molecule has 1 unspecified atom stereocenters. The SMILES string of the molecule is CCC(C(=O)N1CCC2(CCNCC2)CC1)c1ccccc1. The molecule has 2 heterocycles. The first-order valence-electron chi connectivity index (χ1n) is 8.78. The second-order valence-electron chi connectivity index (χ2n) is 6.95. The third-order valence-corrected chi connectivity index (χ3v) is 5.71. The van der Waals surface area contributed by atoms with Gasteiger partial charge >= 0.3 is 0 Å². The first kappa shape index (κ1) is 15.5. The van der Waals surface area contributed by atoms with Crippen LogP contribution in [0.15, 0.2) is 30.3 Å². The van der Waals surface area contributed by atoms with Gasteiger partial charge in [-0.1, -0.05) is 37.3 Å². The van der Waals surface area contributed by atoms with Crippen molar-refractivity contribution in [2.45, 2.75) is 44.9 Å². The van der Waals surface area contributed by atoms with Crippen LogP contribution >= 0.6 is 0 Å². The van der Waals surface area contributed by atoms with Gasteiger partial charge in [-0.2, -0.15) is 0 Å². The van der Waals surface area contributed by atoms with E-state index in [1.807, 2.05) is 18.2 Å². The Balaban J connectivity index is 1.63. The molecule has 1 N–H and O–H groups in total. The lowest BCUT2D eigenvalue weighted by molar-refractivity contribution is -0.135. The molecule has 1 aromatic rings. The molecule has 1 amide bonds. The fourth-order valence-electron chi connectivity index (χ4n) is 4.12. The Kier molecular flexibility index (Phi) is 4.82. The summed E-state index contributed by atoms with van der Waals surface area (Å²) in [7, 11) is 0. The van der Waals surface area contributed by atoms with Crippen LogP contribution in [-0.2, 0) is 4.79 Å². The molecular weight excluding hydrogens is 272 g/mol. The Morgan fingerprint density at radius 1 is 1.14 bits per heavy atom. The molecule has 2 aliphatic heterocycles. The highest BCUT2D eigenvalue weighted by atomic mass is 16.2. The largest absolute Gasteiger partial charge is 0.342 e. The first-order chi connectivity index (χ1) is 10.7. The predicted octanol–water partition coefficient (Wildman–Crippen LogP) is 3.17. The molecule has 2 aliphatic rings. The minimum atomic E-state index is 0.0308. The maximum absolute atomic E-state index is 12.9. The summed E-state index contributed by atoms with van der Waals surface area (Å²) in [5.74, 6) is 0.362. The van der Waals surface area contributed by atoms with Crippen LogP contribution in [0.3, 0.4) is 0 Å². The summed E-state index contributed by atoms with van der Waals surface area (Å²) in [6.45, 7) is 6.31. The number of carbonyl (C=O) groups is 1. The molecule has 3 nitrogen and oxygen atoms in total. The van der Waals surface area contributed by atoms with Crippen LogP contribution in [0, 0.1) is 5.41 Å². The minimum Gasteiger partial charge on any atom is -0.342 e. The summed E-state index contributed by atoms with van der Waals surface area (Å²) in [6.07, 6.45) is 5.82. The normalized spacial score (nSPS) is 22.5. The molecule has 1 atom stereocenters. The summed E-state index contributed by atoms with van der Waals surface area (Å²) < 4.78 is 0. The molecule has 0 saturated carbocycles. The molecule has 22 heavy (non-hydrogen) atoms. The fourth-order valence-corrected chi connectivity index (χ4v) is 4.12. The lowest BCUT2D eigenvalue weighted by atomic mass is 9.71. The molecule has 120 valence electrons. The summed E-state index contributed by atoms with van der Waals surface area (Å²) in [5, 5.41) is 3.46. The van der Waals surface area contributed by atoms with Crippen molar-refractivity contribution in [3.63, 3.8) is 0 Å². The first-order valence-corrected chi connectivity index (χ1v) is 8.78. The van der Waals surface area contributed by atoms with Crippen molar-refractivity contribution in [1.29, 1.82) is 0 Å². The Labute approximate surface area is 134 Å². The third-order valence-electron chi connectivity index (χ3n) is 5.71. The van der Waals surface area contributed by atoms with Crippen LogP contribution in [0.2, 0.25) is 0 Å². The van der Waals surface area contributed by atoms with Gasteiger partial charge in [0.25, 0.3) is 0 Å². The molecule has 1 aromatic carbocycles. The number of likely N-dealkylation sites (tertiary alicyclic amines) is 1. The number of piperidine rings is 2. The predicted molar refractivity (Wildman–Crippen MR) is 89.8 cm³/mol. The van der Waals surface area contributed by atoms with E-state index in [4.69, 9.17) is 0 Å². The number of amides is 1. The third kappa shape index (κ3) is 3.19. The van der Waals surface area contributed by atoms with Crippen molar-refractivity contribution in [2.75, 3.05) is 26.2 Å². The van der Waals surface area contributed by atoms with E-state index in [0.29, 0.717) is 11.3 Å². The van der Waals surface area contributed by atoms with Crippen molar-refractivity contribution in [2.24, 2.45) is 5.41 Å². The Hall–Kier alpha value is -1.35. The summed E-state index contributed by atoms with van der Waals surface area (Å²) in [5.41, 5.74) is 1.67. The van der Waals surface area contributed by atoms with E-state index in [9.17, 15) is 4.79 Å². The standard InChI is InChI=1S/C19H28N2O/c1-2-17(16-6-4-3-5-7-16)18(22)21-14-10-19(11-15-21)8-12-20-13-9-19/h3-7,17,20H,2,8-15H2,1H3. The molecule has 0 bridgehead atoms. The molecule has 0 aliphatic carbocycles. The lowest BCUT2D eigenvalue weighted by Crippen LogP contribution is -2.48. The van der Waals surface area contributed by atoms with Gasteiger partial charge in [-0.25, -0.2) is 0 Å². The topological polar surface area (TPSA) is 32.3 Å². The number of nitrogens with zero attached hydrogens (tertiary/aromatic N) is 1. The van der Waals surface area contributed by atoms with Crippen molar-refractivity contribution in [1.82, 2.24) is 10.2 Å². The number of hydrogen-bond donors (Lipinski definition) is 1. The summed E-state index contributed by atoms with van der Waals surface area (Å²) in [6, 6.07) is 10.3. The molecule has 0 aromatic heterocycles. The fraction of sp³-hybridized carbons (Fsp3) is 0.632. The number of carbonyl (C=O) groups excluding carboxylic acids is 1. The van der Waals surface area contributed by atoms with Gasteiger partial charge in [-0.05, 0) is 56.2 Å². The molecular formula is C19H28N2O. The van der Waals surface area contributed by atoms with Crippen molar-refractivity contribution >= 4 is 5.91 Å². The molecule has 2 saturated heterocycles. The van der Waals surface area contributed by atoms with Gasteiger partial charge in [-0.3, -0.25) is 4.79 Å². The highest BCUT2D eigenvalue weighted by molar-refractivity contribution is 5.83. The van der Waals surface area contributed by atoms with Gasteiger partial charge in [-0.15, -0.1) is 0 Å². The minimum absolute atomic E-state index is 0.0308. The maximum Gasteiger partial charge on any atom is 0.230 e. The van der Waals surface area contributed by atoms with E-state index in [0.717, 1.165) is 38.2 Å². The van der Waals surface area contributed by atoms with E-state index in [-0.39, 0.29) is 5.92 Å². The van der Waals surface area contributed by atoms with Gasteiger partial charge < -0.3 is 10.2 Å². The van der Waals surface area contributed by atoms with Crippen LogP contribution in [-0.4, -0.2) is 37.0 Å². The monoisotopic (exact) mass is 300 g/mol. The van der Waals surface area contributed by atoms with Crippen molar-refractivity contribution in [3.05, 3.63) is 35.9 Å². The van der Waals surface area contributed by atoms with E-state index < -0.39 is 0 Å². The second-order valence-corrected chi connectivity index (χ2v) is 6.95. The van der Waals surface area contributed by atoms with Crippen molar-refractivity contribution < 1.29 is 4.79 Å². The average Bonchev–Trinajstić information content (AvgIpc) is 2.58. The number of nitrogens with one attached hydrogen (secondary N) is 1. The van der Waals surface area contributed by atoms with E-state index in [1.165, 1.54) is 25.7 Å². The van der Waals surface area contributed by atoms with Gasteiger partial charge in [0.05, 0.1) is 5.92 Å². The van der Waals surface area contributed by atoms with Crippen LogP contribution in [0.25, 0.3) is 0 Å². The van der Waals surface area contributed by atoms with Gasteiger partial charge in [0.15, 0.2) is 0 Å². The number of hydrogen-bond acceptors (Lipinski definition) is 2. The molecule has 3 rings (SSSR count). The molecule has 3 heteroatoms.